The van der Waals surface area contributed by atoms with Crippen LogP contribution in [0, 0.1) is 0 Å². The smallest absolute Gasteiger partial charge is 0.0502 e. The zero-order valence-electron chi connectivity index (χ0n) is 10.4. The number of hydrogen-bond donors (Lipinski definition) is 0. The summed E-state index contributed by atoms with van der Waals surface area (Å²) in [6.07, 6.45) is 2.75. The van der Waals surface area contributed by atoms with E-state index >= 15 is 0 Å². The highest BCUT2D eigenvalue weighted by Crippen LogP contribution is 2.29. The number of nitrogens with zero attached hydrogens (tertiary/aromatic N) is 1. The SMILES string of the molecule is CCC(C)[Si](C)(C)CCCN(C)C. The van der Waals surface area contributed by atoms with Gasteiger partial charge in [-0.15, -0.1) is 0 Å². The minimum atomic E-state index is -0.900. The summed E-state index contributed by atoms with van der Waals surface area (Å²) in [7, 11) is 3.43. The summed E-state index contributed by atoms with van der Waals surface area (Å²) in [6.45, 7) is 11.1. The maximum Gasteiger partial charge on any atom is 0.0502 e. The van der Waals surface area contributed by atoms with Crippen LogP contribution in [0.3, 0.4) is 0 Å². The van der Waals surface area contributed by atoms with Crippen LogP contribution in [0.5, 0.6) is 0 Å². The molecule has 0 rings (SSSR count). The van der Waals surface area contributed by atoms with Gasteiger partial charge in [-0.1, -0.05) is 39.4 Å². The van der Waals surface area contributed by atoms with Crippen molar-refractivity contribution in [3.05, 3.63) is 0 Å². The van der Waals surface area contributed by atoms with Gasteiger partial charge in [0.2, 0.25) is 0 Å². The second-order valence-electron chi connectivity index (χ2n) is 5.20. The zero-order valence-corrected chi connectivity index (χ0v) is 11.4. The Hall–Kier alpha value is 0.177. The lowest BCUT2D eigenvalue weighted by Crippen LogP contribution is -2.31. The van der Waals surface area contributed by atoms with Crippen LogP contribution < -0.4 is 0 Å². The van der Waals surface area contributed by atoms with Crippen molar-refractivity contribution in [2.75, 3.05) is 20.6 Å². The molecule has 13 heavy (non-hydrogen) atoms. The predicted octanol–water partition coefficient (Wildman–Crippen LogP) is 3.45. The van der Waals surface area contributed by atoms with Gasteiger partial charge >= 0.3 is 0 Å². The van der Waals surface area contributed by atoms with E-state index in [-0.39, 0.29) is 0 Å². The lowest BCUT2D eigenvalue weighted by Gasteiger charge is -2.29. The summed E-state index contributed by atoms with van der Waals surface area (Å²) in [5, 5.41) is 0. The fourth-order valence-corrected chi connectivity index (χ4v) is 4.32. The van der Waals surface area contributed by atoms with E-state index < -0.39 is 8.07 Å². The summed E-state index contributed by atoms with van der Waals surface area (Å²) >= 11 is 0. The van der Waals surface area contributed by atoms with E-state index in [0.717, 1.165) is 5.54 Å². The van der Waals surface area contributed by atoms with Gasteiger partial charge in [0.25, 0.3) is 0 Å². The Labute approximate surface area is 85.5 Å². The van der Waals surface area contributed by atoms with Gasteiger partial charge < -0.3 is 4.90 Å². The molecule has 0 bridgehead atoms. The Morgan fingerprint density at radius 2 is 1.77 bits per heavy atom. The maximum absolute atomic E-state index is 2.54. The molecule has 1 unspecified atom stereocenters. The van der Waals surface area contributed by atoms with E-state index in [2.05, 4.69) is 45.9 Å². The summed E-state index contributed by atoms with van der Waals surface area (Å²) in [5.74, 6) is 0. The molecular formula is C11H27NSi. The van der Waals surface area contributed by atoms with Crippen LogP contribution in [0.2, 0.25) is 24.7 Å². The first kappa shape index (κ1) is 13.2. The molecule has 1 nitrogen and oxygen atoms in total. The predicted molar refractivity (Wildman–Crippen MR) is 65.2 cm³/mol. The molecule has 0 saturated carbocycles. The van der Waals surface area contributed by atoms with Crippen LogP contribution in [0.25, 0.3) is 0 Å². The van der Waals surface area contributed by atoms with Gasteiger partial charge in [-0.3, -0.25) is 0 Å². The Balaban J connectivity index is 3.75. The topological polar surface area (TPSA) is 3.24 Å². The molecule has 0 aromatic carbocycles. The lowest BCUT2D eigenvalue weighted by atomic mass is 10.4. The van der Waals surface area contributed by atoms with E-state index in [4.69, 9.17) is 0 Å². The highest BCUT2D eigenvalue weighted by atomic mass is 28.3. The molecule has 80 valence electrons. The Bertz CT molecular complexity index is 132. The molecule has 0 aromatic heterocycles. The van der Waals surface area contributed by atoms with Crippen molar-refractivity contribution in [3.63, 3.8) is 0 Å². The standard InChI is InChI=1S/C11H27NSi/c1-7-11(2)13(5,6)10-8-9-12(3)4/h11H,7-10H2,1-6H3. The van der Waals surface area contributed by atoms with E-state index in [0.29, 0.717) is 0 Å². The van der Waals surface area contributed by atoms with Crippen molar-refractivity contribution in [2.45, 2.75) is 51.4 Å². The van der Waals surface area contributed by atoms with Gasteiger partial charge in [-0.2, -0.15) is 0 Å². The first-order chi connectivity index (χ1) is 5.90. The normalized spacial score (nSPS) is 15.0. The molecule has 0 fully saturated rings. The van der Waals surface area contributed by atoms with Crippen LogP contribution >= 0.6 is 0 Å². The molecular weight excluding hydrogens is 174 g/mol. The monoisotopic (exact) mass is 201 g/mol. The third-order valence-electron chi connectivity index (χ3n) is 3.37. The third-order valence-corrected chi connectivity index (χ3v) is 8.09. The summed E-state index contributed by atoms with van der Waals surface area (Å²) in [6, 6.07) is 1.49. The fourth-order valence-electron chi connectivity index (χ4n) is 1.65. The average molecular weight is 201 g/mol. The van der Waals surface area contributed by atoms with Crippen molar-refractivity contribution in [1.29, 1.82) is 0 Å². The molecule has 0 heterocycles. The van der Waals surface area contributed by atoms with E-state index in [1.165, 1.54) is 25.4 Å². The maximum atomic E-state index is 2.54. The highest BCUT2D eigenvalue weighted by molar-refractivity contribution is 6.78. The summed E-state index contributed by atoms with van der Waals surface area (Å²) in [5.41, 5.74) is 0.981. The van der Waals surface area contributed by atoms with E-state index in [9.17, 15) is 0 Å². The van der Waals surface area contributed by atoms with Crippen LogP contribution in [0.15, 0.2) is 0 Å². The second kappa shape index (κ2) is 5.81. The van der Waals surface area contributed by atoms with Crippen molar-refractivity contribution in [1.82, 2.24) is 4.90 Å². The van der Waals surface area contributed by atoms with Crippen LogP contribution in [-0.2, 0) is 0 Å². The van der Waals surface area contributed by atoms with Crippen LogP contribution in [0.1, 0.15) is 26.7 Å². The van der Waals surface area contributed by atoms with Crippen molar-refractivity contribution in [3.8, 4) is 0 Å². The van der Waals surface area contributed by atoms with Gasteiger partial charge in [0.1, 0.15) is 0 Å². The van der Waals surface area contributed by atoms with E-state index in [1.807, 2.05) is 0 Å². The average Bonchev–Trinajstić information content (AvgIpc) is 2.01. The molecule has 0 aliphatic heterocycles. The molecule has 0 radical (unpaired) electrons. The summed E-state index contributed by atoms with van der Waals surface area (Å²) < 4.78 is 0. The number of hydrogen-bond acceptors (Lipinski definition) is 1. The molecule has 2 heteroatoms. The lowest BCUT2D eigenvalue weighted by molar-refractivity contribution is 0.407. The molecule has 0 N–H and O–H groups in total. The van der Waals surface area contributed by atoms with Gasteiger partial charge in [0, 0.05) is 0 Å². The highest BCUT2D eigenvalue weighted by Gasteiger charge is 2.25. The first-order valence-corrected chi connectivity index (χ1v) is 8.83. The molecule has 1 atom stereocenters. The van der Waals surface area contributed by atoms with Crippen LogP contribution in [-0.4, -0.2) is 33.6 Å². The third kappa shape index (κ3) is 5.48. The molecule has 0 saturated heterocycles. The zero-order chi connectivity index (χ0) is 10.5. The first-order valence-electron chi connectivity index (χ1n) is 5.55. The molecule has 0 spiro atoms. The minimum Gasteiger partial charge on any atom is -0.309 e. The van der Waals surface area contributed by atoms with E-state index in [1.54, 1.807) is 0 Å². The Kier molecular flexibility index (Phi) is 5.89. The van der Waals surface area contributed by atoms with Gasteiger partial charge in [-0.25, -0.2) is 0 Å². The quantitative estimate of drug-likeness (QED) is 0.595. The van der Waals surface area contributed by atoms with Gasteiger partial charge in [0.05, 0.1) is 8.07 Å². The minimum absolute atomic E-state index is 0.900. The Morgan fingerprint density at radius 1 is 1.23 bits per heavy atom. The number of rotatable bonds is 6. The van der Waals surface area contributed by atoms with Crippen LogP contribution in [0.4, 0.5) is 0 Å². The Morgan fingerprint density at radius 3 is 2.15 bits per heavy atom. The molecule has 0 amide bonds. The fraction of sp³-hybridized carbons (Fsp3) is 1.00. The summed E-state index contributed by atoms with van der Waals surface area (Å²) in [4.78, 5) is 2.29. The molecule has 0 aliphatic carbocycles. The van der Waals surface area contributed by atoms with Gasteiger partial charge in [-0.05, 0) is 32.6 Å². The largest absolute Gasteiger partial charge is 0.309 e. The van der Waals surface area contributed by atoms with Crippen molar-refractivity contribution >= 4 is 8.07 Å². The van der Waals surface area contributed by atoms with Crippen molar-refractivity contribution in [2.24, 2.45) is 0 Å². The molecule has 0 aliphatic rings. The van der Waals surface area contributed by atoms with Gasteiger partial charge in [0.15, 0.2) is 0 Å². The van der Waals surface area contributed by atoms with Crippen molar-refractivity contribution < 1.29 is 0 Å². The second-order valence-corrected chi connectivity index (χ2v) is 10.7. The molecule has 0 aromatic rings.